The van der Waals surface area contributed by atoms with E-state index in [1.807, 2.05) is 18.2 Å². The van der Waals surface area contributed by atoms with Gasteiger partial charge in [-0.25, -0.2) is 0 Å². The van der Waals surface area contributed by atoms with E-state index < -0.39 is 0 Å². The van der Waals surface area contributed by atoms with E-state index in [2.05, 4.69) is 20.9 Å². The topological polar surface area (TPSA) is 84.0 Å². The maximum absolute atomic E-state index is 11.9. The summed E-state index contributed by atoms with van der Waals surface area (Å²) in [5.41, 5.74) is 0.665. The minimum absolute atomic E-state index is 0.0709. The van der Waals surface area contributed by atoms with Crippen molar-refractivity contribution in [1.82, 2.24) is 16.0 Å². The van der Waals surface area contributed by atoms with Crippen molar-refractivity contribution in [3.8, 4) is 0 Å². The number of rotatable bonds is 9. The monoisotopic (exact) mass is 348 g/mol. The minimum Gasteiger partial charge on any atom is -0.379 e. The number of carbonyl (C=O) groups is 1. The Balaban J connectivity index is 1.50. The summed E-state index contributed by atoms with van der Waals surface area (Å²) in [4.78, 5) is 16.1. The molecule has 25 heavy (non-hydrogen) atoms. The zero-order chi connectivity index (χ0) is 17.7. The van der Waals surface area contributed by atoms with Crippen molar-refractivity contribution in [3.63, 3.8) is 0 Å². The van der Waals surface area contributed by atoms with Gasteiger partial charge in [-0.1, -0.05) is 18.2 Å². The summed E-state index contributed by atoms with van der Waals surface area (Å²) < 4.78 is 11.0. The smallest absolute Gasteiger partial charge is 0.251 e. The average Bonchev–Trinajstić information content (AvgIpc) is 3.17. The van der Waals surface area contributed by atoms with E-state index in [9.17, 15) is 4.79 Å². The Morgan fingerprint density at radius 2 is 1.96 bits per heavy atom. The summed E-state index contributed by atoms with van der Waals surface area (Å²) in [6.07, 6.45) is 2.15. The fourth-order valence-corrected chi connectivity index (χ4v) is 2.44. The van der Waals surface area contributed by atoms with Crippen LogP contribution in [0, 0.1) is 0 Å². The molecule has 1 amide bonds. The van der Waals surface area contributed by atoms with Crippen molar-refractivity contribution < 1.29 is 14.3 Å². The number of aliphatic imine (C=N–C) groups is 1. The number of hydrogen-bond acceptors (Lipinski definition) is 4. The summed E-state index contributed by atoms with van der Waals surface area (Å²) in [6.45, 7) is 4.15. The van der Waals surface area contributed by atoms with Crippen LogP contribution in [0.2, 0.25) is 0 Å². The van der Waals surface area contributed by atoms with Gasteiger partial charge in [0, 0.05) is 45.5 Å². The van der Waals surface area contributed by atoms with Crippen LogP contribution in [0.1, 0.15) is 23.2 Å². The molecule has 0 radical (unpaired) electrons. The molecule has 1 atom stereocenters. The van der Waals surface area contributed by atoms with Gasteiger partial charge in [-0.05, 0) is 25.0 Å². The predicted octanol–water partition coefficient (Wildman–Crippen LogP) is 0.777. The fraction of sp³-hybridized carbons (Fsp3) is 0.556. The zero-order valence-corrected chi connectivity index (χ0v) is 14.8. The van der Waals surface area contributed by atoms with Crippen LogP contribution in [-0.2, 0) is 9.47 Å². The van der Waals surface area contributed by atoms with E-state index in [-0.39, 0.29) is 12.0 Å². The normalized spacial score (nSPS) is 17.3. The molecule has 1 aliphatic rings. The van der Waals surface area contributed by atoms with Crippen LogP contribution in [-0.4, -0.2) is 64.5 Å². The molecule has 0 aliphatic carbocycles. The van der Waals surface area contributed by atoms with Gasteiger partial charge in [0.15, 0.2) is 5.96 Å². The summed E-state index contributed by atoms with van der Waals surface area (Å²) in [5, 5.41) is 9.27. The van der Waals surface area contributed by atoms with E-state index in [0.29, 0.717) is 31.9 Å². The maximum atomic E-state index is 11.9. The largest absolute Gasteiger partial charge is 0.379 e. The van der Waals surface area contributed by atoms with Crippen molar-refractivity contribution in [2.75, 3.05) is 46.5 Å². The molecule has 0 aromatic heterocycles. The lowest BCUT2D eigenvalue weighted by Crippen LogP contribution is -2.42. The number of amides is 1. The van der Waals surface area contributed by atoms with Gasteiger partial charge < -0.3 is 25.4 Å². The number of benzene rings is 1. The molecule has 2 rings (SSSR count). The molecule has 1 heterocycles. The van der Waals surface area contributed by atoms with Gasteiger partial charge in [0.1, 0.15) is 0 Å². The fourth-order valence-electron chi connectivity index (χ4n) is 2.44. The van der Waals surface area contributed by atoms with Gasteiger partial charge in [0.2, 0.25) is 0 Å². The number of nitrogens with zero attached hydrogens (tertiary/aromatic N) is 1. The van der Waals surface area contributed by atoms with E-state index >= 15 is 0 Å². The second-order valence-electron chi connectivity index (χ2n) is 5.76. The molecular formula is C18H28N4O3. The highest BCUT2D eigenvalue weighted by Crippen LogP contribution is 2.07. The van der Waals surface area contributed by atoms with Crippen LogP contribution in [0.3, 0.4) is 0 Å². The number of hydrogen-bond donors (Lipinski definition) is 3. The lowest BCUT2D eigenvalue weighted by Gasteiger charge is -2.13. The van der Waals surface area contributed by atoms with Crippen LogP contribution >= 0.6 is 0 Å². The van der Waals surface area contributed by atoms with Gasteiger partial charge in [-0.3, -0.25) is 9.79 Å². The third-order valence-corrected chi connectivity index (χ3v) is 3.82. The Bertz CT molecular complexity index is 530. The Morgan fingerprint density at radius 3 is 2.68 bits per heavy atom. The molecule has 0 saturated carbocycles. The zero-order valence-electron chi connectivity index (χ0n) is 14.8. The molecule has 3 N–H and O–H groups in total. The number of carbonyl (C=O) groups excluding carboxylic acids is 1. The molecule has 7 heteroatoms. The molecule has 138 valence electrons. The first kappa shape index (κ1) is 19.2. The first-order valence-corrected chi connectivity index (χ1v) is 8.76. The Morgan fingerprint density at radius 1 is 1.20 bits per heavy atom. The van der Waals surface area contributed by atoms with Crippen LogP contribution in [0.4, 0.5) is 0 Å². The summed E-state index contributed by atoms with van der Waals surface area (Å²) in [6, 6.07) is 9.18. The van der Waals surface area contributed by atoms with Crippen molar-refractivity contribution in [2.45, 2.75) is 18.9 Å². The molecule has 7 nitrogen and oxygen atoms in total. The number of ether oxygens (including phenoxy) is 2. The summed E-state index contributed by atoms with van der Waals surface area (Å²) in [5.74, 6) is 0.650. The van der Waals surface area contributed by atoms with Gasteiger partial charge in [0.05, 0.1) is 12.7 Å². The lowest BCUT2D eigenvalue weighted by molar-refractivity contribution is 0.0420. The highest BCUT2D eigenvalue weighted by molar-refractivity contribution is 5.94. The van der Waals surface area contributed by atoms with E-state index in [1.54, 1.807) is 19.2 Å². The molecule has 1 aromatic carbocycles. The molecule has 0 spiro atoms. The Kier molecular flexibility index (Phi) is 8.79. The van der Waals surface area contributed by atoms with Crippen molar-refractivity contribution in [3.05, 3.63) is 35.9 Å². The number of guanidine groups is 1. The molecular weight excluding hydrogens is 320 g/mol. The highest BCUT2D eigenvalue weighted by atomic mass is 16.5. The molecule has 0 bridgehead atoms. The first-order chi connectivity index (χ1) is 12.3. The molecule has 1 aromatic rings. The lowest BCUT2D eigenvalue weighted by atomic mass is 10.2. The van der Waals surface area contributed by atoms with Crippen molar-refractivity contribution >= 4 is 11.9 Å². The highest BCUT2D eigenvalue weighted by Gasteiger charge is 2.15. The van der Waals surface area contributed by atoms with Crippen LogP contribution in [0.5, 0.6) is 0 Å². The Labute approximate surface area is 149 Å². The summed E-state index contributed by atoms with van der Waals surface area (Å²) >= 11 is 0. The van der Waals surface area contributed by atoms with Crippen molar-refractivity contribution in [1.29, 1.82) is 0 Å². The maximum Gasteiger partial charge on any atom is 0.251 e. The van der Waals surface area contributed by atoms with E-state index in [1.165, 1.54) is 0 Å². The first-order valence-electron chi connectivity index (χ1n) is 8.76. The predicted molar refractivity (Wildman–Crippen MR) is 97.9 cm³/mol. The van der Waals surface area contributed by atoms with E-state index in [4.69, 9.17) is 9.47 Å². The second kappa shape index (κ2) is 11.4. The Hall–Kier alpha value is -2.12. The van der Waals surface area contributed by atoms with Gasteiger partial charge in [0.25, 0.3) is 5.91 Å². The second-order valence-corrected chi connectivity index (χ2v) is 5.76. The van der Waals surface area contributed by atoms with Gasteiger partial charge in [-0.15, -0.1) is 0 Å². The quantitative estimate of drug-likeness (QED) is 0.349. The van der Waals surface area contributed by atoms with Crippen molar-refractivity contribution in [2.24, 2.45) is 4.99 Å². The van der Waals surface area contributed by atoms with E-state index in [0.717, 1.165) is 32.0 Å². The number of nitrogens with one attached hydrogen (secondary N) is 3. The van der Waals surface area contributed by atoms with Crippen LogP contribution < -0.4 is 16.0 Å². The third kappa shape index (κ3) is 7.53. The SMILES string of the molecule is CN=C(NCCCOC1CCOC1)NCCNC(=O)c1ccccc1. The standard InChI is InChI=1S/C18H28N4O3/c1-19-18(21-9-5-12-25-16-8-13-24-14-16)22-11-10-20-17(23)15-6-3-2-4-7-15/h2-4,6-7,16H,5,8-14H2,1H3,(H,20,23)(H2,19,21,22). The van der Waals surface area contributed by atoms with Gasteiger partial charge >= 0.3 is 0 Å². The molecule has 1 fully saturated rings. The minimum atomic E-state index is -0.0709. The molecule has 1 aliphatic heterocycles. The van der Waals surface area contributed by atoms with Crippen LogP contribution in [0.25, 0.3) is 0 Å². The third-order valence-electron chi connectivity index (χ3n) is 3.82. The molecule has 1 saturated heterocycles. The van der Waals surface area contributed by atoms with Gasteiger partial charge in [-0.2, -0.15) is 0 Å². The summed E-state index contributed by atoms with van der Waals surface area (Å²) in [7, 11) is 1.73. The van der Waals surface area contributed by atoms with Crippen LogP contribution in [0.15, 0.2) is 35.3 Å². The molecule has 1 unspecified atom stereocenters. The average molecular weight is 348 g/mol.